The molecular formula is C32H45F5N2O2. The summed E-state index contributed by atoms with van der Waals surface area (Å²) in [5, 5.41) is 0. The quantitative estimate of drug-likeness (QED) is 0.287. The van der Waals surface area contributed by atoms with E-state index >= 15 is 0 Å². The number of hydrogen-bond donors (Lipinski definition) is 0. The molecule has 2 aromatic carbocycles. The third-order valence-corrected chi connectivity index (χ3v) is 7.56. The first-order valence-corrected chi connectivity index (χ1v) is 14.3. The molecule has 2 fully saturated rings. The van der Waals surface area contributed by atoms with Gasteiger partial charge in [-0.05, 0) is 46.2 Å². The van der Waals surface area contributed by atoms with Gasteiger partial charge in [-0.25, -0.2) is 8.78 Å². The average molecular weight is 585 g/mol. The van der Waals surface area contributed by atoms with Gasteiger partial charge in [-0.1, -0.05) is 65.8 Å². The molecule has 0 unspecified atom stereocenters. The van der Waals surface area contributed by atoms with E-state index in [0.717, 1.165) is 11.5 Å². The molecule has 0 atom stereocenters. The first-order chi connectivity index (χ1) is 19.0. The molecule has 2 heterocycles. The van der Waals surface area contributed by atoms with Gasteiger partial charge in [-0.2, -0.15) is 13.2 Å². The Labute approximate surface area is 241 Å². The second-order valence-electron chi connectivity index (χ2n) is 13.1. The van der Waals surface area contributed by atoms with Crippen LogP contribution in [0, 0.1) is 11.8 Å². The maximum Gasteiger partial charge on any atom is 0.394 e. The lowest BCUT2D eigenvalue weighted by atomic mass is 9.87. The Kier molecular flexibility index (Phi) is 11.1. The molecule has 4 rings (SSSR count). The molecule has 9 heteroatoms. The zero-order valence-corrected chi connectivity index (χ0v) is 25.1. The SMILES string of the molecule is CC(C)(C)c1ccc(OCCN2CC(C(F)(F)F)C2)cc1.CC(C)(C)c1ccc(OCCN2CC(C(F)F)C2)cc1. The van der Waals surface area contributed by atoms with Crippen LogP contribution in [0.15, 0.2) is 48.5 Å². The number of rotatable bonds is 9. The lowest BCUT2D eigenvalue weighted by Gasteiger charge is -2.39. The molecule has 0 bridgehead atoms. The zero-order chi connectivity index (χ0) is 30.4. The summed E-state index contributed by atoms with van der Waals surface area (Å²) >= 11 is 0. The lowest BCUT2D eigenvalue weighted by Crippen LogP contribution is -2.54. The molecule has 2 saturated heterocycles. The van der Waals surface area contributed by atoms with Crippen LogP contribution in [0.25, 0.3) is 0 Å². The highest BCUT2D eigenvalue weighted by atomic mass is 19.4. The molecule has 0 saturated carbocycles. The van der Waals surface area contributed by atoms with Gasteiger partial charge in [0.05, 0.1) is 5.92 Å². The van der Waals surface area contributed by atoms with Gasteiger partial charge >= 0.3 is 6.18 Å². The standard InChI is InChI=1S/C16H22F3NO.C16H23F2NO/c1-15(2,3)12-4-6-14(7-5-12)21-9-8-20-10-13(11-20)16(17,18)19;1-16(2,3)13-4-6-14(7-5-13)20-9-8-19-10-12(11-19)15(17)18/h4-7,13H,8-11H2,1-3H3;4-7,12,15H,8-11H2,1-3H3. The summed E-state index contributed by atoms with van der Waals surface area (Å²) in [7, 11) is 0. The lowest BCUT2D eigenvalue weighted by molar-refractivity contribution is -0.209. The van der Waals surface area contributed by atoms with Crippen LogP contribution < -0.4 is 9.47 Å². The smallest absolute Gasteiger partial charge is 0.394 e. The summed E-state index contributed by atoms with van der Waals surface area (Å²) in [5.74, 6) is -0.00975. The van der Waals surface area contributed by atoms with Gasteiger partial charge in [-0.15, -0.1) is 0 Å². The fraction of sp³-hybridized carbons (Fsp3) is 0.625. The van der Waals surface area contributed by atoms with Crippen LogP contribution in [0.5, 0.6) is 11.5 Å². The number of benzene rings is 2. The highest BCUT2D eigenvalue weighted by Crippen LogP contribution is 2.33. The Bertz CT molecular complexity index is 1050. The van der Waals surface area contributed by atoms with Crippen LogP contribution in [-0.4, -0.2) is 74.9 Å². The number of alkyl halides is 5. The third kappa shape index (κ3) is 10.4. The summed E-state index contributed by atoms with van der Waals surface area (Å²) in [6.07, 6.45) is -6.24. The summed E-state index contributed by atoms with van der Waals surface area (Å²) in [6, 6.07) is 16.0. The van der Waals surface area contributed by atoms with Crippen molar-refractivity contribution >= 4 is 0 Å². The number of halogens is 5. The summed E-state index contributed by atoms with van der Waals surface area (Å²) in [6.45, 7) is 16.3. The van der Waals surface area contributed by atoms with E-state index in [1.165, 1.54) is 11.1 Å². The molecule has 2 aliphatic rings. The maximum absolute atomic E-state index is 12.3. The minimum Gasteiger partial charge on any atom is -0.492 e. The number of hydrogen-bond acceptors (Lipinski definition) is 4. The van der Waals surface area contributed by atoms with Crippen LogP contribution in [0.3, 0.4) is 0 Å². The van der Waals surface area contributed by atoms with Crippen molar-refractivity contribution in [1.29, 1.82) is 0 Å². The molecule has 0 N–H and O–H groups in total. The molecule has 0 amide bonds. The van der Waals surface area contributed by atoms with E-state index in [-0.39, 0.29) is 23.9 Å². The Balaban J connectivity index is 0.000000226. The molecule has 0 aliphatic carbocycles. The van der Waals surface area contributed by atoms with Gasteiger partial charge in [-0.3, -0.25) is 9.80 Å². The zero-order valence-electron chi connectivity index (χ0n) is 25.1. The molecule has 0 radical (unpaired) electrons. The van der Waals surface area contributed by atoms with E-state index in [1.54, 1.807) is 4.90 Å². The minimum atomic E-state index is -4.06. The Morgan fingerprint density at radius 2 is 1.02 bits per heavy atom. The van der Waals surface area contributed by atoms with Gasteiger partial charge in [0.2, 0.25) is 6.43 Å². The molecule has 2 aliphatic heterocycles. The second kappa shape index (κ2) is 13.7. The molecule has 0 aromatic heterocycles. The van der Waals surface area contributed by atoms with Crippen molar-refractivity contribution < 1.29 is 31.4 Å². The number of nitrogens with zero attached hydrogens (tertiary/aromatic N) is 2. The van der Waals surface area contributed by atoms with E-state index in [9.17, 15) is 22.0 Å². The van der Waals surface area contributed by atoms with E-state index in [1.807, 2.05) is 41.3 Å². The molecule has 41 heavy (non-hydrogen) atoms. The third-order valence-electron chi connectivity index (χ3n) is 7.56. The molecule has 2 aromatic rings. The van der Waals surface area contributed by atoms with Crippen molar-refractivity contribution in [1.82, 2.24) is 9.80 Å². The Morgan fingerprint density at radius 3 is 1.34 bits per heavy atom. The van der Waals surface area contributed by atoms with E-state index in [2.05, 4.69) is 53.7 Å². The highest BCUT2D eigenvalue weighted by molar-refractivity contribution is 5.32. The Hall–Kier alpha value is -2.39. The van der Waals surface area contributed by atoms with Crippen LogP contribution in [-0.2, 0) is 10.8 Å². The van der Waals surface area contributed by atoms with Crippen molar-refractivity contribution in [3.05, 3.63) is 59.7 Å². The first kappa shape index (κ1) is 33.1. The van der Waals surface area contributed by atoms with Crippen LogP contribution in [0.4, 0.5) is 22.0 Å². The van der Waals surface area contributed by atoms with E-state index in [4.69, 9.17) is 9.47 Å². The topological polar surface area (TPSA) is 24.9 Å². The maximum atomic E-state index is 12.3. The van der Waals surface area contributed by atoms with Crippen LogP contribution in [0.2, 0.25) is 0 Å². The van der Waals surface area contributed by atoms with Gasteiger partial charge < -0.3 is 9.47 Å². The Morgan fingerprint density at radius 1 is 0.659 bits per heavy atom. The summed E-state index contributed by atoms with van der Waals surface area (Å²) in [4.78, 5) is 3.77. The van der Waals surface area contributed by atoms with Gasteiger partial charge in [0, 0.05) is 45.2 Å². The number of likely N-dealkylation sites (tertiary alicyclic amines) is 2. The monoisotopic (exact) mass is 584 g/mol. The van der Waals surface area contributed by atoms with Crippen LogP contribution >= 0.6 is 0 Å². The molecule has 0 spiro atoms. The predicted octanol–water partition coefficient (Wildman–Crippen LogP) is 7.42. The van der Waals surface area contributed by atoms with E-state index in [0.29, 0.717) is 39.4 Å². The molecule has 4 nitrogen and oxygen atoms in total. The van der Waals surface area contributed by atoms with Crippen molar-refractivity contribution in [3.8, 4) is 11.5 Å². The average Bonchev–Trinajstić information content (AvgIpc) is 2.80. The molecule has 230 valence electrons. The largest absolute Gasteiger partial charge is 0.492 e. The van der Waals surface area contributed by atoms with Gasteiger partial charge in [0.15, 0.2) is 0 Å². The molecular weight excluding hydrogens is 539 g/mol. The van der Waals surface area contributed by atoms with Crippen LogP contribution in [0.1, 0.15) is 52.7 Å². The first-order valence-electron chi connectivity index (χ1n) is 14.3. The highest BCUT2D eigenvalue weighted by Gasteiger charge is 2.46. The number of ether oxygens (including phenoxy) is 2. The fourth-order valence-electron chi connectivity index (χ4n) is 4.60. The van der Waals surface area contributed by atoms with Crippen molar-refractivity contribution in [2.24, 2.45) is 11.8 Å². The van der Waals surface area contributed by atoms with Crippen molar-refractivity contribution in [2.45, 2.75) is 65.0 Å². The fourth-order valence-corrected chi connectivity index (χ4v) is 4.60. The normalized spacial score (nSPS) is 17.5. The summed E-state index contributed by atoms with van der Waals surface area (Å²) < 4.78 is 72.9. The van der Waals surface area contributed by atoms with Crippen molar-refractivity contribution in [3.63, 3.8) is 0 Å². The second-order valence-corrected chi connectivity index (χ2v) is 13.1. The van der Waals surface area contributed by atoms with Gasteiger partial charge in [0.25, 0.3) is 0 Å². The van der Waals surface area contributed by atoms with Gasteiger partial charge in [0.1, 0.15) is 24.7 Å². The van der Waals surface area contributed by atoms with Crippen molar-refractivity contribution in [2.75, 3.05) is 52.5 Å². The summed E-state index contributed by atoms with van der Waals surface area (Å²) in [5.41, 5.74) is 2.74. The van der Waals surface area contributed by atoms with E-state index < -0.39 is 24.4 Å². The minimum absolute atomic E-state index is 0.0931. The predicted molar refractivity (Wildman–Crippen MR) is 153 cm³/mol.